The number of piperazine rings is 1. The number of carbonyl (C=O) groups is 2. The molecule has 0 spiro atoms. The summed E-state index contributed by atoms with van der Waals surface area (Å²) < 4.78 is 5.63. The molecule has 2 aliphatic rings. The molecule has 25 heavy (non-hydrogen) atoms. The highest BCUT2D eigenvalue weighted by Crippen LogP contribution is 2.38. The van der Waals surface area contributed by atoms with Gasteiger partial charge in [0.1, 0.15) is 0 Å². The van der Waals surface area contributed by atoms with Crippen LogP contribution in [0.15, 0.2) is 48.5 Å². The van der Waals surface area contributed by atoms with Crippen molar-refractivity contribution in [1.82, 2.24) is 4.90 Å². The monoisotopic (exact) mass is 337 g/mol. The Morgan fingerprint density at radius 3 is 2.48 bits per heavy atom. The molecule has 1 saturated heterocycles. The minimum Gasteiger partial charge on any atom is -0.479 e. The van der Waals surface area contributed by atoms with E-state index < -0.39 is 0 Å². The summed E-state index contributed by atoms with van der Waals surface area (Å²) in [7, 11) is 0. The number of amides is 2. The van der Waals surface area contributed by atoms with Gasteiger partial charge in [0.25, 0.3) is 11.8 Å². The molecule has 0 aromatic heterocycles. The molecular weight excluding hydrogens is 318 g/mol. The average molecular weight is 337 g/mol. The first-order valence-electron chi connectivity index (χ1n) is 8.37. The van der Waals surface area contributed by atoms with Crippen molar-refractivity contribution in [3.05, 3.63) is 54.1 Å². The zero-order valence-electron chi connectivity index (χ0n) is 13.8. The second-order valence-corrected chi connectivity index (χ2v) is 6.14. The van der Waals surface area contributed by atoms with Gasteiger partial charge in [-0.25, -0.2) is 0 Å². The molecule has 0 aliphatic carbocycles. The van der Waals surface area contributed by atoms with Crippen molar-refractivity contribution in [2.45, 2.75) is 0 Å². The summed E-state index contributed by atoms with van der Waals surface area (Å²) in [6, 6.07) is 15.1. The Kier molecular flexibility index (Phi) is 4.01. The van der Waals surface area contributed by atoms with Gasteiger partial charge in [-0.05, 0) is 24.3 Å². The van der Waals surface area contributed by atoms with Gasteiger partial charge in [-0.2, -0.15) is 0 Å². The Balaban J connectivity index is 1.47. The van der Waals surface area contributed by atoms with E-state index in [9.17, 15) is 9.59 Å². The lowest BCUT2D eigenvalue weighted by Gasteiger charge is -2.37. The van der Waals surface area contributed by atoms with E-state index in [1.54, 1.807) is 0 Å². The molecule has 0 radical (unpaired) electrons. The maximum Gasteiger partial charge on any atom is 0.262 e. The summed E-state index contributed by atoms with van der Waals surface area (Å²) in [5, 5.41) is 2.83. The van der Waals surface area contributed by atoms with E-state index in [1.807, 2.05) is 53.4 Å². The molecule has 4 rings (SSSR count). The summed E-state index contributed by atoms with van der Waals surface area (Å²) in [6.07, 6.45) is 0. The van der Waals surface area contributed by atoms with Gasteiger partial charge < -0.3 is 19.9 Å². The molecule has 0 unspecified atom stereocenters. The zero-order valence-corrected chi connectivity index (χ0v) is 13.8. The van der Waals surface area contributed by atoms with Crippen molar-refractivity contribution in [1.29, 1.82) is 0 Å². The Hall–Kier alpha value is -3.02. The minimum atomic E-state index is -0.136. The lowest BCUT2D eigenvalue weighted by Crippen LogP contribution is -2.49. The van der Waals surface area contributed by atoms with Gasteiger partial charge in [0.2, 0.25) is 0 Å². The third-order valence-electron chi connectivity index (χ3n) is 4.54. The van der Waals surface area contributed by atoms with Gasteiger partial charge >= 0.3 is 0 Å². The van der Waals surface area contributed by atoms with Crippen LogP contribution in [0.3, 0.4) is 0 Å². The molecule has 1 fully saturated rings. The fourth-order valence-corrected chi connectivity index (χ4v) is 3.26. The fraction of sp³-hybridized carbons (Fsp3) is 0.263. The number of ether oxygens (including phenoxy) is 1. The fourth-order valence-electron chi connectivity index (χ4n) is 3.26. The summed E-state index contributed by atoms with van der Waals surface area (Å²) in [4.78, 5) is 28.1. The Morgan fingerprint density at radius 1 is 0.960 bits per heavy atom. The minimum absolute atomic E-state index is 0.0382. The van der Waals surface area contributed by atoms with E-state index in [4.69, 9.17) is 4.74 Å². The Labute approximate surface area is 146 Å². The summed E-state index contributed by atoms with van der Waals surface area (Å²) in [5.74, 6) is 0.645. The van der Waals surface area contributed by atoms with Crippen molar-refractivity contribution in [3.8, 4) is 5.75 Å². The maximum atomic E-state index is 12.5. The highest BCUT2D eigenvalue weighted by molar-refractivity contribution is 5.97. The van der Waals surface area contributed by atoms with E-state index in [-0.39, 0.29) is 18.4 Å². The van der Waals surface area contributed by atoms with Crippen LogP contribution in [0, 0.1) is 0 Å². The highest BCUT2D eigenvalue weighted by atomic mass is 16.5. The second-order valence-electron chi connectivity index (χ2n) is 6.14. The number of para-hydroxylation sites is 1. The number of hydrogen-bond donors (Lipinski definition) is 1. The normalized spacial score (nSPS) is 16.7. The average Bonchev–Trinajstić information content (AvgIpc) is 2.67. The number of hydrogen-bond acceptors (Lipinski definition) is 4. The Bertz CT molecular complexity index is 799. The predicted octanol–water partition coefficient (Wildman–Crippen LogP) is 1.98. The van der Waals surface area contributed by atoms with Crippen molar-refractivity contribution in [2.24, 2.45) is 0 Å². The van der Waals surface area contributed by atoms with Crippen LogP contribution in [-0.2, 0) is 4.79 Å². The van der Waals surface area contributed by atoms with Crippen LogP contribution in [0.2, 0.25) is 0 Å². The number of carbonyl (C=O) groups excluding carboxylic acids is 2. The van der Waals surface area contributed by atoms with Gasteiger partial charge in [-0.3, -0.25) is 9.59 Å². The van der Waals surface area contributed by atoms with E-state index in [1.165, 1.54) is 0 Å². The molecule has 0 bridgehead atoms. The van der Waals surface area contributed by atoms with Crippen molar-refractivity contribution >= 4 is 23.2 Å². The zero-order chi connectivity index (χ0) is 17.2. The van der Waals surface area contributed by atoms with Gasteiger partial charge in [-0.15, -0.1) is 0 Å². The molecule has 2 aromatic rings. The molecule has 1 N–H and O–H groups in total. The van der Waals surface area contributed by atoms with E-state index in [0.29, 0.717) is 24.5 Å². The van der Waals surface area contributed by atoms with Gasteiger partial charge in [-0.1, -0.05) is 24.3 Å². The van der Waals surface area contributed by atoms with Crippen LogP contribution in [0.4, 0.5) is 11.4 Å². The van der Waals surface area contributed by atoms with Gasteiger partial charge in [0.15, 0.2) is 12.4 Å². The lowest BCUT2D eigenvalue weighted by molar-refractivity contribution is -0.118. The third-order valence-corrected chi connectivity index (χ3v) is 4.54. The lowest BCUT2D eigenvalue weighted by atomic mass is 10.1. The molecule has 128 valence electrons. The molecule has 6 nitrogen and oxygen atoms in total. The number of fused-ring (bicyclic) bond motifs is 1. The molecule has 0 saturated carbocycles. The molecular formula is C19H19N3O3. The van der Waals surface area contributed by atoms with E-state index in [2.05, 4.69) is 10.2 Å². The number of nitrogens with one attached hydrogen (secondary N) is 1. The molecule has 0 atom stereocenters. The van der Waals surface area contributed by atoms with Crippen LogP contribution in [0.1, 0.15) is 10.4 Å². The van der Waals surface area contributed by atoms with Crippen LogP contribution in [-0.4, -0.2) is 49.5 Å². The van der Waals surface area contributed by atoms with E-state index >= 15 is 0 Å². The van der Waals surface area contributed by atoms with Crippen LogP contribution < -0.4 is 15.0 Å². The predicted molar refractivity (Wildman–Crippen MR) is 95.1 cm³/mol. The van der Waals surface area contributed by atoms with Crippen LogP contribution >= 0.6 is 0 Å². The smallest absolute Gasteiger partial charge is 0.262 e. The summed E-state index contributed by atoms with van der Waals surface area (Å²) in [5.41, 5.74) is 2.39. The quantitative estimate of drug-likeness (QED) is 0.910. The Morgan fingerprint density at radius 2 is 1.72 bits per heavy atom. The number of rotatable bonds is 2. The molecule has 2 aliphatic heterocycles. The molecule has 2 heterocycles. The molecule has 6 heteroatoms. The topological polar surface area (TPSA) is 61.9 Å². The summed E-state index contributed by atoms with van der Waals surface area (Å²) in [6.45, 7) is 2.81. The van der Waals surface area contributed by atoms with Crippen molar-refractivity contribution in [3.63, 3.8) is 0 Å². The highest BCUT2D eigenvalue weighted by Gasteiger charge is 2.26. The van der Waals surface area contributed by atoms with Crippen molar-refractivity contribution in [2.75, 3.05) is 43.0 Å². The van der Waals surface area contributed by atoms with E-state index in [0.717, 1.165) is 24.3 Å². The maximum absolute atomic E-state index is 12.5. The standard InChI is InChI=1S/C19H19N3O3/c23-17-13-25-18-15(20-17)7-4-8-16(18)21-9-11-22(12-10-21)19(24)14-5-2-1-3-6-14/h1-8H,9-13H2,(H,20,23). The first kappa shape index (κ1) is 15.5. The first-order chi connectivity index (χ1) is 12.2. The van der Waals surface area contributed by atoms with Gasteiger partial charge in [0.05, 0.1) is 11.4 Å². The first-order valence-corrected chi connectivity index (χ1v) is 8.37. The number of anilines is 2. The van der Waals surface area contributed by atoms with Crippen LogP contribution in [0.25, 0.3) is 0 Å². The third kappa shape index (κ3) is 3.03. The molecule has 2 aromatic carbocycles. The number of nitrogens with zero attached hydrogens (tertiary/aromatic N) is 2. The second kappa shape index (κ2) is 6.47. The largest absolute Gasteiger partial charge is 0.479 e. The summed E-state index contributed by atoms with van der Waals surface area (Å²) >= 11 is 0. The van der Waals surface area contributed by atoms with Gasteiger partial charge in [0, 0.05) is 31.7 Å². The molecule has 2 amide bonds. The van der Waals surface area contributed by atoms with Crippen LogP contribution in [0.5, 0.6) is 5.75 Å². The van der Waals surface area contributed by atoms with Crippen molar-refractivity contribution < 1.29 is 14.3 Å². The SMILES string of the molecule is O=C1COc2c(cccc2N2CCN(C(=O)c3ccccc3)CC2)N1. The number of benzene rings is 2.